The van der Waals surface area contributed by atoms with E-state index < -0.39 is 17.5 Å². The van der Waals surface area contributed by atoms with Crippen LogP contribution in [0, 0.1) is 11.8 Å². The van der Waals surface area contributed by atoms with Crippen LogP contribution >= 0.6 is 0 Å². The predicted octanol–water partition coefficient (Wildman–Crippen LogP) is 3.54. The van der Waals surface area contributed by atoms with Crippen molar-refractivity contribution in [3.05, 3.63) is 11.8 Å². The van der Waals surface area contributed by atoms with Gasteiger partial charge in [0, 0.05) is 39.5 Å². The SMILES string of the molecule is CC(=O)N/C(=C\CC[C@@H]1CCCN(C(=O)CCC2CCN(C(=O)OC(C)(C)C)CC2)C1)C(=O)O. The number of rotatable bonds is 8. The molecule has 2 aliphatic heterocycles. The highest BCUT2D eigenvalue weighted by atomic mass is 16.6. The first-order chi connectivity index (χ1) is 15.9. The van der Waals surface area contributed by atoms with Crippen molar-refractivity contribution < 1.29 is 29.0 Å². The van der Waals surface area contributed by atoms with Gasteiger partial charge in [-0.05, 0) is 77.6 Å². The maximum absolute atomic E-state index is 12.8. The fourth-order valence-corrected chi connectivity index (χ4v) is 4.59. The number of nitrogens with zero attached hydrogens (tertiary/aromatic N) is 2. The molecule has 2 aliphatic rings. The summed E-state index contributed by atoms with van der Waals surface area (Å²) in [4.78, 5) is 51.1. The summed E-state index contributed by atoms with van der Waals surface area (Å²) in [6.07, 6.45) is 7.73. The van der Waals surface area contributed by atoms with Crippen molar-refractivity contribution in [2.45, 2.75) is 84.7 Å². The van der Waals surface area contributed by atoms with Crippen LogP contribution in [0.4, 0.5) is 4.79 Å². The Morgan fingerprint density at radius 1 is 1.00 bits per heavy atom. The Morgan fingerprint density at radius 3 is 2.26 bits per heavy atom. The highest BCUT2D eigenvalue weighted by molar-refractivity contribution is 5.91. The number of carboxylic acids is 1. The summed E-state index contributed by atoms with van der Waals surface area (Å²) in [6.45, 7) is 9.69. The van der Waals surface area contributed by atoms with E-state index in [1.165, 1.54) is 6.92 Å². The number of carbonyl (C=O) groups is 4. The molecule has 2 N–H and O–H groups in total. The minimum Gasteiger partial charge on any atom is -0.477 e. The molecule has 192 valence electrons. The molecule has 0 saturated carbocycles. The molecule has 9 nitrogen and oxygen atoms in total. The summed E-state index contributed by atoms with van der Waals surface area (Å²) in [5.41, 5.74) is -0.582. The number of ether oxygens (including phenoxy) is 1. The molecule has 0 spiro atoms. The zero-order chi connectivity index (χ0) is 25.3. The number of nitrogens with one attached hydrogen (secondary N) is 1. The molecular formula is C25H41N3O6. The fraction of sp³-hybridized carbons (Fsp3) is 0.760. The molecule has 0 aliphatic carbocycles. The lowest BCUT2D eigenvalue weighted by molar-refractivity contribution is -0.134. The van der Waals surface area contributed by atoms with E-state index in [4.69, 9.17) is 9.84 Å². The average molecular weight is 480 g/mol. The molecule has 2 rings (SSSR count). The second-order valence-electron chi connectivity index (χ2n) is 10.5. The summed E-state index contributed by atoms with van der Waals surface area (Å²) >= 11 is 0. The topological polar surface area (TPSA) is 116 Å². The number of amides is 3. The third kappa shape index (κ3) is 9.73. The van der Waals surface area contributed by atoms with Gasteiger partial charge in [0.2, 0.25) is 11.8 Å². The van der Waals surface area contributed by atoms with Crippen LogP contribution in [0.1, 0.15) is 79.1 Å². The molecule has 0 aromatic heterocycles. The van der Waals surface area contributed by atoms with Gasteiger partial charge in [-0.1, -0.05) is 6.08 Å². The molecule has 1 atom stereocenters. The summed E-state index contributed by atoms with van der Waals surface area (Å²) in [5, 5.41) is 11.5. The quantitative estimate of drug-likeness (QED) is 0.515. The van der Waals surface area contributed by atoms with Crippen LogP contribution < -0.4 is 5.32 Å². The van der Waals surface area contributed by atoms with Gasteiger partial charge < -0.3 is 25.0 Å². The zero-order valence-corrected chi connectivity index (χ0v) is 21.1. The first-order valence-electron chi connectivity index (χ1n) is 12.4. The number of carbonyl (C=O) groups excluding carboxylic acids is 3. The van der Waals surface area contributed by atoms with Crippen LogP contribution in [0.15, 0.2) is 11.8 Å². The second kappa shape index (κ2) is 12.8. The first-order valence-corrected chi connectivity index (χ1v) is 12.4. The Bertz CT molecular complexity index is 765. The fourth-order valence-electron chi connectivity index (χ4n) is 4.59. The van der Waals surface area contributed by atoms with Crippen molar-refractivity contribution in [1.82, 2.24) is 15.1 Å². The van der Waals surface area contributed by atoms with E-state index in [2.05, 4.69) is 5.32 Å². The van der Waals surface area contributed by atoms with Gasteiger partial charge in [-0.3, -0.25) is 9.59 Å². The van der Waals surface area contributed by atoms with Crippen LogP contribution in [0.3, 0.4) is 0 Å². The first kappa shape index (κ1) is 27.7. The lowest BCUT2D eigenvalue weighted by atomic mass is 9.90. The molecule has 3 amide bonds. The molecule has 2 heterocycles. The van der Waals surface area contributed by atoms with Gasteiger partial charge in [0.15, 0.2) is 0 Å². The minimum atomic E-state index is -1.15. The largest absolute Gasteiger partial charge is 0.477 e. The van der Waals surface area contributed by atoms with Crippen molar-refractivity contribution >= 4 is 23.9 Å². The van der Waals surface area contributed by atoms with E-state index >= 15 is 0 Å². The molecule has 2 fully saturated rings. The second-order valence-corrected chi connectivity index (χ2v) is 10.5. The molecule has 0 aromatic rings. The summed E-state index contributed by atoms with van der Waals surface area (Å²) in [7, 11) is 0. The number of hydrogen-bond donors (Lipinski definition) is 2. The summed E-state index contributed by atoms with van der Waals surface area (Å²) in [5.74, 6) is -0.597. The number of carboxylic acid groups (broad SMARTS) is 1. The maximum atomic E-state index is 12.8. The Balaban J connectivity index is 1.72. The third-order valence-corrected chi connectivity index (χ3v) is 6.37. The maximum Gasteiger partial charge on any atom is 0.410 e. The highest BCUT2D eigenvalue weighted by Crippen LogP contribution is 2.26. The van der Waals surface area contributed by atoms with E-state index in [9.17, 15) is 19.2 Å². The molecule has 0 radical (unpaired) electrons. The van der Waals surface area contributed by atoms with Gasteiger partial charge in [-0.2, -0.15) is 0 Å². The van der Waals surface area contributed by atoms with Crippen molar-refractivity contribution in [1.29, 1.82) is 0 Å². The molecule has 2 saturated heterocycles. The summed E-state index contributed by atoms with van der Waals surface area (Å²) < 4.78 is 5.44. The summed E-state index contributed by atoms with van der Waals surface area (Å²) in [6, 6.07) is 0. The van der Waals surface area contributed by atoms with Gasteiger partial charge in [0.1, 0.15) is 11.3 Å². The van der Waals surface area contributed by atoms with Crippen molar-refractivity contribution in [3.63, 3.8) is 0 Å². The molecule has 0 aromatic carbocycles. The highest BCUT2D eigenvalue weighted by Gasteiger charge is 2.28. The Kier molecular flexibility index (Phi) is 10.4. The molecule has 9 heteroatoms. The Hall–Kier alpha value is -2.58. The molecule has 34 heavy (non-hydrogen) atoms. The van der Waals surface area contributed by atoms with Crippen molar-refractivity contribution in [3.8, 4) is 0 Å². The van der Waals surface area contributed by atoms with Crippen molar-refractivity contribution in [2.24, 2.45) is 11.8 Å². The van der Waals surface area contributed by atoms with Crippen molar-refractivity contribution in [2.75, 3.05) is 26.2 Å². The molecule has 0 unspecified atom stereocenters. The minimum absolute atomic E-state index is 0.0889. The van der Waals surface area contributed by atoms with Gasteiger partial charge >= 0.3 is 12.1 Å². The van der Waals surface area contributed by atoms with E-state index in [0.29, 0.717) is 44.3 Å². The average Bonchev–Trinajstić information content (AvgIpc) is 2.75. The van der Waals surface area contributed by atoms with Gasteiger partial charge in [-0.15, -0.1) is 0 Å². The number of likely N-dealkylation sites (tertiary alicyclic amines) is 2. The lowest BCUT2D eigenvalue weighted by Crippen LogP contribution is -2.42. The third-order valence-electron chi connectivity index (χ3n) is 6.37. The number of hydrogen-bond acceptors (Lipinski definition) is 5. The normalized spacial score (nSPS) is 20.1. The van der Waals surface area contributed by atoms with Gasteiger partial charge in [0.05, 0.1) is 0 Å². The molecule has 0 bridgehead atoms. The van der Waals surface area contributed by atoms with Gasteiger partial charge in [0.25, 0.3) is 0 Å². The number of allylic oxidation sites excluding steroid dienone is 1. The smallest absolute Gasteiger partial charge is 0.410 e. The number of piperidine rings is 2. The zero-order valence-electron chi connectivity index (χ0n) is 21.1. The predicted molar refractivity (Wildman–Crippen MR) is 128 cm³/mol. The number of aliphatic carboxylic acids is 1. The Labute approximate surface area is 202 Å². The van der Waals surface area contributed by atoms with E-state index in [-0.39, 0.29) is 17.7 Å². The van der Waals surface area contributed by atoms with E-state index in [1.54, 1.807) is 11.0 Å². The van der Waals surface area contributed by atoms with Crippen LogP contribution in [0.5, 0.6) is 0 Å². The standard InChI is InChI=1S/C25H41N3O6/c1-18(29)26-21(23(31)32)9-5-7-20-8-6-14-28(17-20)22(30)11-10-19-12-15-27(16-13-19)24(33)34-25(2,3)4/h9,19-20H,5-8,10-17H2,1-4H3,(H,26,29)(H,31,32)/b21-9-/t20-/m1/s1. The van der Waals surface area contributed by atoms with Crippen LogP contribution in [0.25, 0.3) is 0 Å². The van der Waals surface area contributed by atoms with E-state index in [0.717, 1.165) is 45.1 Å². The lowest BCUT2D eigenvalue weighted by Gasteiger charge is -2.35. The molecular weight excluding hydrogens is 438 g/mol. The van der Waals surface area contributed by atoms with Crippen LogP contribution in [0.2, 0.25) is 0 Å². The van der Waals surface area contributed by atoms with Crippen LogP contribution in [-0.4, -0.2) is 70.6 Å². The Morgan fingerprint density at radius 2 is 1.68 bits per heavy atom. The van der Waals surface area contributed by atoms with Crippen LogP contribution in [-0.2, 0) is 19.1 Å². The monoisotopic (exact) mass is 479 g/mol. The van der Waals surface area contributed by atoms with Gasteiger partial charge in [-0.25, -0.2) is 9.59 Å². The van der Waals surface area contributed by atoms with E-state index in [1.807, 2.05) is 25.7 Å².